The highest BCUT2D eigenvalue weighted by atomic mass is 16.2. The molecule has 0 radical (unpaired) electrons. The lowest BCUT2D eigenvalue weighted by Crippen LogP contribution is -2.68. The Labute approximate surface area is 126 Å². The summed E-state index contributed by atoms with van der Waals surface area (Å²) in [5, 5.41) is 2.81. The van der Waals surface area contributed by atoms with Gasteiger partial charge in [0.15, 0.2) is 0 Å². The highest BCUT2D eigenvalue weighted by Gasteiger charge is 2.45. The van der Waals surface area contributed by atoms with E-state index in [1.54, 1.807) is 18.7 Å². The molecule has 0 aromatic heterocycles. The molecule has 1 heterocycles. The summed E-state index contributed by atoms with van der Waals surface area (Å²) in [7, 11) is 0. The standard InChI is InChI=1S/C17H24N2O2/c1-5-7-12-8-10-13(11-9-12)19-14(6-2)15(20)18-17(3,4)16(19)21/h8-11,14H,5-7H2,1-4H3,(H,18,20). The number of nitrogens with one attached hydrogen (secondary N) is 1. The van der Waals surface area contributed by atoms with E-state index < -0.39 is 11.6 Å². The van der Waals surface area contributed by atoms with Crippen LogP contribution in [0.5, 0.6) is 0 Å². The van der Waals surface area contributed by atoms with Crippen LogP contribution in [0.4, 0.5) is 5.69 Å². The summed E-state index contributed by atoms with van der Waals surface area (Å²) < 4.78 is 0. The molecule has 21 heavy (non-hydrogen) atoms. The molecule has 1 N–H and O–H groups in total. The first-order valence-corrected chi connectivity index (χ1v) is 7.65. The van der Waals surface area contributed by atoms with Gasteiger partial charge in [-0.05, 0) is 44.4 Å². The van der Waals surface area contributed by atoms with Crippen molar-refractivity contribution < 1.29 is 9.59 Å². The van der Waals surface area contributed by atoms with Crippen molar-refractivity contribution in [2.75, 3.05) is 4.90 Å². The zero-order valence-electron chi connectivity index (χ0n) is 13.3. The molecule has 1 atom stereocenters. The van der Waals surface area contributed by atoms with E-state index in [1.165, 1.54) is 5.56 Å². The van der Waals surface area contributed by atoms with Gasteiger partial charge in [0.05, 0.1) is 0 Å². The molecule has 1 saturated heterocycles. The number of nitrogens with zero attached hydrogens (tertiary/aromatic N) is 1. The summed E-state index contributed by atoms with van der Waals surface area (Å²) in [6.45, 7) is 7.56. The lowest BCUT2D eigenvalue weighted by atomic mass is 9.95. The number of carbonyl (C=O) groups is 2. The number of benzene rings is 1. The number of carbonyl (C=O) groups excluding carboxylic acids is 2. The Balaban J connectivity index is 2.37. The largest absolute Gasteiger partial charge is 0.340 e. The number of anilines is 1. The topological polar surface area (TPSA) is 49.4 Å². The SMILES string of the molecule is CCCc1ccc(N2C(=O)C(C)(C)NC(=O)C2CC)cc1. The Hall–Kier alpha value is -1.84. The highest BCUT2D eigenvalue weighted by molar-refractivity contribution is 6.10. The van der Waals surface area contributed by atoms with E-state index in [0.717, 1.165) is 18.5 Å². The van der Waals surface area contributed by atoms with Gasteiger partial charge in [0.25, 0.3) is 5.91 Å². The van der Waals surface area contributed by atoms with Crippen LogP contribution in [0.2, 0.25) is 0 Å². The molecule has 4 heteroatoms. The van der Waals surface area contributed by atoms with Crippen LogP contribution in [0, 0.1) is 0 Å². The van der Waals surface area contributed by atoms with E-state index in [4.69, 9.17) is 0 Å². The Kier molecular flexibility index (Phi) is 4.35. The van der Waals surface area contributed by atoms with Crippen LogP contribution < -0.4 is 10.2 Å². The molecule has 1 aliphatic rings. The summed E-state index contributed by atoms with van der Waals surface area (Å²) in [6, 6.07) is 7.54. The molecule has 1 fully saturated rings. The normalized spacial score (nSPS) is 21.3. The molecule has 0 saturated carbocycles. The first-order chi connectivity index (χ1) is 9.90. The first kappa shape index (κ1) is 15.5. The molecule has 2 amide bonds. The molecule has 114 valence electrons. The first-order valence-electron chi connectivity index (χ1n) is 7.65. The van der Waals surface area contributed by atoms with Crippen LogP contribution in [0.1, 0.15) is 46.1 Å². The zero-order valence-corrected chi connectivity index (χ0v) is 13.3. The van der Waals surface area contributed by atoms with E-state index in [2.05, 4.69) is 12.2 Å². The van der Waals surface area contributed by atoms with Gasteiger partial charge in [0.1, 0.15) is 11.6 Å². The summed E-state index contributed by atoms with van der Waals surface area (Å²) in [4.78, 5) is 26.6. The second kappa shape index (κ2) is 5.88. The van der Waals surface area contributed by atoms with Crippen LogP contribution in [0.15, 0.2) is 24.3 Å². The Morgan fingerprint density at radius 2 is 1.76 bits per heavy atom. The fourth-order valence-electron chi connectivity index (χ4n) is 2.78. The molecule has 0 spiro atoms. The number of rotatable bonds is 4. The van der Waals surface area contributed by atoms with Crippen molar-refractivity contribution in [1.29, 1.82) is 0 Å². The van der Waals surface area contributed by atoms with Crippen molar-refractivity contribution in [3.8, 4) is 0 Å². The predicted octanol–water partition coefficient (Wildman–Crippen LogP) is 2.66. The summed E-state index contributed by atoms with van der Waals surface area (Å²) in [6.07, 6.45) is 2.72. The molecule has 1 aromatic rings. The minimum Gasteiger partial charge on any atom is -0.340 e. The fraction of sp³-hybridized carbons (Fsp3) is 0.529. The fourth-order valence-corrected chi connectivity index (χ4v) is 2.78. The van der Waals surface area contributed by atoms with Crippen LogP contribution in [0.3, 0.4) is 0 Å². The smallest absolute Gasteiger partial charge is 0.252 e. The average molecular weight is 288 g/mol. The van der Waals surface area contributed by atoms with Gasteiger partial charge in [-0.3, -0.25) is 14.5 Å². The van der Waals surface area contributed by atoms with Crippen LogP contribution >= 0.6 is 0 Å². The Morgan fingerprint density at radius 1 is 1.14 bits per heavy atom. The number of hydrogen-bond donors (Lipinski definition) is 1. The van der Waals surface area contributed by atoms with Crippen LogP contribution in [0.25, 0.3) is 0 Å². The number of hydrogen-bond acceptors (Lipinski definition) is 2. The van der Waals surface area contributed by atoms with Gasteiger partial charge in [-0.15, -0.1) is 0 Å². The quantitative estimate of drug-likeness (QED) is 0.926. The molecule has 1 aromatic carbocycles. The number of amides is 2. The molecule has 1 unspecified atom stereocenters. The van der Waals surface area contributed by atoms with Crippen molar-refractivity contribution >= 4 is 17.5 Å². The van der Waals surface area contributed by atoms with Gasteiger partial charge in [0.2, 0.25) is 5.91 Å². The Bertz CT molecular complexity index is 534. The third kappa shape index (κ3) is 2.94. The van der Waals surface area contributed by atoms with Gasteiger partial charge in [-0.2, -0.15) is 0 Å². The van der Waals surface area contributed by atoms with Crippen LogP contribution in [-0.4, -0.2) is 23.4 Å². The molecular formula is C17H24N2O2. The molecule has 1 aliphatic heterocycles. The van der Waals surface area contributed by atoms with Crippen molar-refractivity contribution in [1.82, 2.24) is 5.32 Å². The maximum Gasteiger partial charge on any atom is 0.252 e. The van der Waals surface area contributed by atoms with Gasteiger partial charge >= 0.3 is 0 Å². The Morgan fingerprint density at radius 3 is 2.29 bits per heavy atom. The van der Waals surface area contributed by atoms with Gasteiger partial charge in [-0.25, -0.2) is 0 Å². The van der Waals surface area contributed by atoms with E-state index >= 15 is 0 Å². The van der Waals surface area contributed by atoms with E-state index in [1.807, 2.05) is 31.2 Å². The van der Waals surface area contributed by atoms with E-state index in [0.29, 0.717) is 6.42 Å². The van der Waals surface area contributed by atoms with E-state index in [-0.39, 0.29) is 11.8 Å². The molecular weight excluding hydrogens is 264 g/mol. The highest BCUT2D eigenvalue weighted by Crippen LogP contribution is 2.27. The van der Waals surface area contributed by atoms with Gasteiger partial charge in [-0.1, -0.05) is 32.4 Å². The minimum atomic E-state index is -0.856. The summed E-state index contributed by atoms with van der Waals surface area (Å²) >= 11 is 0. The third-order valence-corrected chi connectivity index (χ3v) is 3.94. The molecule has 2 rings (SSSR count). The van der Waals surface area contributed by atoms with Crippen molar-refractivity contribution in [2.45, 2.75) is 58.5 Å². The summed E-state index contributed by atoms with van der Waals surface area (Å²) in [5.74, 6) is -0.142. The van der Waals surface area contributed by atoms with Crippen molar-refractivity contribution in [2.24, 2.45) is 0 Å². The number of aryl methyl sites for hydroxylation is 1. The average Bonchev–Trinajstić information content (AvgIpc) is 2.43. The molecule has 0 aliphatic carbocycles. The molecule has 0 bridgehead atoms. The maximum atomic E-state index is 12.7. The lowest BCUT2D eigenvalue weighted by molar-refractivity contribution is -0.137. The second-order valence-electron chi connectivity index (χ2n) is 6.13. The third-order valence-electron chi connectivity index (χ3n) is 3.94. The minimum absolute atomic E-state index is 0.0582. The van der Waals surface area contributed by atoms with Gasteiger partial charge < -0.3 is 5.32 Å². The zero-order chi connectivity index (χ0) is 15.6. The predicted molar refractivity (Wildman–Crippen MR) is 84.2 cm³/mol. The summed E-state index contributed by atoms with van der Waals surface area (Å²) in [5.41, 5.74) is 1.20. The van der Waals surface area contributed by atoms with Crippen LogP contribution in [-0.2, 0) is 16.0 Å². The second-order valence-corrected chi connectivity index (χ2v) is 6.13. The van der Waals surface area contributed by atoms with Crippen molar-refractivity contribution in [3.05, 3.63) is 29.8 Å². The maximum absolute atomic E-state index is 12.7. The monoisotopic (exact) mass is 288 g/mol. The molecule has 4 nitrogen and oxygen atoms in total. The van der Waals surface area contributed by atoms with Crippen molar-refractivity contribution in [3.63, 3.8) is 0 Å². The lowest BCUT2D eigenvalue weighted by Gasteiger charge is -2.42. The van der Waals surface area contributed by atoms with Gasteiger partial charge in [0, 0.05) is 5.69 Å². The van der Waals surface area contributed by atoms with E-state index in [9.17, 15) is 9.59 Å². The number of piperazine rings is 1.